The zero-order valence-electron chi connectivity index (χ0n) is 40.0. The van der Waals surface area contributed by atoms with Gasteiger partial charge >= 0.3 is 19.8 Å². The molecule has 0 aromatic rings. The first-order valence-electron chi connectivity index (χ1n) is 25.1. The SMILES string of the molecule is CC/C=C/C/C=C/C/C=C/C/C=C/C/C=C/CCCCCC(=O)OC[C@H](COP(=O)(O)OCCN)OC(=O)CCC/C=C/CC/C=C/CCCCCCCCCCCCCCCC. The normalized spacial score (nSPS) is 13.9. The first kappa shape index (κ1) is 60.2. The fourth-order valence-electron chi connectivity index (χ4n) is 6.56. The lowest BCUT2D eigenvalue weighted by Crippen LogP contribution is -2.29. The van der Waals surface area contributed by atoms with Crippen molar-refractivity contribution >= 4 is 19.8 Å². The van der Waals surface area contributed by atoms with Crippen molar-refractivity contribution in [1.82, 2.24) is 0 Å². The van der Waals surface area contributed by atoms with Gasteiger partial charge in [-0.1, -0.05) is 189 Å². The molecule has 63 heavy (non-hydrogen) atoms. The second-order valence-electron chi connectivity index (χ2n) is 16.3. The van der Waals surface area contributed by atoms with Crippen LogP contribution in [0.4, 0.5) is 0 Å². The molecule has 10 heteroatoms. The molecule has 9 nitrogen and oxygen atoms in total. The molecular formula is C53H92NO8P. The molecular weight excluding hydrogens is 810 g/mol. The van der Waals surface area contributed by atoms with Crippen LogP contribution in [0, 0.1) is 0 Å². The van der Waals surface area contributed by atoms with Gasteiger partial charge in [-0.15, -0.1) is 0 Å². The number of unbranched alkanes of at least 4 members (excludes halogenated alkanes) is 19. The highest BCUT2D eigenvalue weighted by atomic mass is 31.2. The lowest BCUT2D eigenvalue weighted by molar-refractivity contribution is -0.161. The first-order valence-corrected chi connectivity index (χ1v) is 26.6. The molecule has 3 N–H and O–H groups in total. The van der Waals surface area contributed by atoms with E-state index in [0.717, 1.165) is 77.0 Å². The fraction of sp³-hybridized carbons (Fsp3) is 0.698. The van der Waals surface area contributed by atoms with Gasteiger partial charge in [0.25, 0.3) is 0 Å². The van der Waals surface area contributed by atoms with E-state index in [1.54, 1.807) is 0 Å². The molecule has 0 radical (unpaired) electrons. The summed E-state index contributed by atoms with van der Waals surface area (Å²) in [5, 5.41) is 0. The van der Waals surface area contributed by atoms with Crippen LogP contribution in [-0.2, 0) is 32.7 Å². The number of phosphoric acid groups is 1. The molecule has 0 spiro atoms. The Bertz CT molecular complexity index is 1300. The highest BCUT2D eigenvalue weighted by molar-refractivity contribution is 7.47. The smallest absolute Gasteiger partial charge is 0.462 e. The zero-order chi connectivity index (χ0) is 46.0. The van der Waals surface area contributed by atoms with Gasteiger partial charge in [-0.25, -0.2) is 4.57 Å². The lowest BCUT2D eigenvalue weighted by atomic mass is 10.0. The van der Waals surface area contributed by atoms with Crippen LogP contribution in [0.5, 0.6) is 0 Å². The van der Waals surface area contributed by atoms with Crippen molar-refractivity contribution in [2.24, 2.45) is 5.73 Å². The van der Waals surface area contributed by atoms with Crippen LogP contribution in [0.25, 0.3) is 0 Å². The largest absolute Gasteiger partial charge is 0.472 e. The molecule has 0 fully saturated rings. The van der Waals surface area contributed by atoms with Gasteiger partial charge in [0, 0.05) is 19.4 Å². The summed E-state index contributed by atoms with van der Waals surface area (Å²) in [6.07, 6.45) is 62.1. The van der Waals surface area contributed by atoms with Crippen LogP contribution in [0.1, 0.15) is 206 Å². The number of phosphoric ester groups is 1. The van der Waals surface area contributed by atoms with Crippen LogP contribution >= 0.6 is 7.82 Å². The molecule has 0 bridgehead atoms. The third-order valence-corrected chi connectivity index (χ3v) is 11.2. The summed E-state index contributed by atoms with van der Waals surface area (Å²) in [5.41, 5.74) is 5.36. The van der Waals surface area contributed by atoms with E-state index in [4.69, 9.17) is 24.3 Å². The fourth-order valence-corrected chi connectivity index (χ4v) is 7.33. The summed E-state index contributed by atoms with van der Waals surface area (Å²) < 4.78 is 32.8. The van der Waals surface area contributed by atoms with Crippen molar-refractivity contribution in [3.05, 3.63) is 85.1 Å². The van der Waals surface area contributed by atoms with E-state index in [2.05, 4.69) is 98.9 Å². The molecule has 0 aromatic heterocycles. The van der Waals surface area contributed by atoms with Gasteiger partial charge in [-0.3, -0.25) is 18.6 Å². The minimum Gasteiger partial charge on any atom is -0.462 e. The van der Waals surface area contributed by atoms with Crippen molar-refractivity contribution in [3.63, 3.8) is 0 Å². The third kappa shape index (κ3) is 48.5. The number of hydrogen-bond acceptors (Lipinski definition) is 8. The molecule has 0 heterocycles. The topological polar surface area (TPSA) is 134 Å². The van der Waals surface area contributed by atoms with E-state index in [1.165, 1.54) is 89.9 Å². The van der Waals surface area contributed by atoms with E-state index in [1.807, 2.05) is 0 Å². The van der Waals surface area contributed by atoms with Gasteiger partial charge in [0.15, 0.2) is 6.10 Å². The molecule has 0 aliphatic heterocycles. The number of carbonyl (C=O) groups excluding carboxylic acids is 2. The maximum Gasteiger partial charge on any atom is 0.472 e. The van der Waals surface area contributed by atoms with E-state index in [9.17, 15) is 19.0 Å². The molecule has 0 saturated carbocycles. The highest BCUT2D eigenvalue weighted by Gasteiger charge is 2.26. The summed E-state index contributed by atoms with van der Waals surface area (Å²) in [6.45, 7) is 3.54. The van der Waals surface area contributed by atoms with Crippen molar-refractivity contribution in [3.8, 4) is 0 Å². The summed E-state index contributed by atoms with van der Waals surface area (Å²) in [7, 11) is -4.41. The number of rotatable bonds is 46. The lowest BCUT2D eigenvalue weighted by Gasteiger charge is -2.19. The molecule has 2 atom stereocenters. The summed E-state index contributed by atoms with van der Waals surface area (Å²) in [4.78, 5) is 35.0. The molecule has 0 rings (SSSR count). The predicted molar refractivity (Wildman–Crippen MR) is 265 cm³/mol. The van der Waals surface area contributed by atoms with Gasteiger partial charge in [0.05, 0.1) is 13.2 Å². The Labute approximate surface area is 385 Å². The zero-order valence-corrected chi connectivity index (χ0v) is 40.9. The minimum atomic E-state index is -4.41. The first-order chi connectivity index (χ1) is 30.8. The van der Waals surface area contributed by atoms with Gasteiger partial charge in [0.2, 0.25) is 0 Å². The molecule has 362 valence electrons. The Hall–Kier alpha value is -2.81. The average Bonchev–Trinajstić information content (AvgIpc) is 3.27. The van der Waals surface area contributed by atoms with Gasteiger partial charge in [-0.05, 0) is 89.9 Å². The highest BCUT2D eigenvalue weighted by Crippen LogP contribution is 2.43. The number of hydrogen-bond donors (Lipinski definition) is 2. The standard InChI is InChI=1S/C53H92NO8P/c1-3-5-7-9-11-13-15-17-19-21-23-24-25-26-28-30-32-34-36-38-40-42-44-46-53(56)62-51(50-61-63(57,58)60-48-47-54)49-59-52(55)45-43-41-39-37-35-33-31-29-27-22-20-18-16-14-12-10-8-6-4-2/h6,8,12,14,18,20,27,29-30,32-33,35,38,40,51H,3-5,7,9-11,13,15-17,19,21-26,28,31,34,36-37,39,41-50,54H2,1-2H3,(H,57,58)/b8-6+,14-12+,20-18+,29-27+,32-30+,35-33+,40-38+/t51-/m1/s1. The van der Waals surface area contributed by atoms with Crippen molar-refractivity contribution in [2.75, 3.05) is 26.4 Å². The molecule has 0 aliphatic rings. The minimum absolute atomic E-state index is 0.0387. The van der Waals surface area contributed by atoms with Crippen molar-refractivity contribution in [2.45, 2.75) is 213 Å². The Morgan fingerprint density at radius 3 is 1.41 bits per heavy atom. The second-order valence-corrected chi connectivity index (χ2v) is 17.7. The van der Waals surface area contributed by atoms with Crippen molar-refractivity contribution < 1.29 is 37.6 Å². The Morgan fingerprint density at radius 1 is 0.492 bits per heavy atom. The maximum atomic E-state index is 12.6. The van der Waals surface area contributed by atoms with Crippen LogP contribution < -0.4 is 5.73 Å². The molecule has 0 aliphatic carbocycles. The van der Waals surface area contributed by atoms with E-state index in [-0.39, 0.29) is 32.6 Å². The van der Waals surface area contributed by atoms with Crippen LogP contribution in [0.2, 0.25) is 0 Å². The Balaban J connectivity index is 4.18. The Kier molecular flexibility index (Phi) is 46.5. The Morgan fingerprint density at radius 2 is 0.905 bits per heavy atom. The average molecular weight is 902 g/mol. The number of ether oxygens (including phenoxy) is 2. The van der Waals surface area contributed by atoms with Crippen molar-refractivity contribution in [1.29, 1.82) is 0 Å². The van der Waals surface area contributed by atoms with Crippen LogP contribution in [0.15, 0.2) is 85.1 Å². The molecule has 0 saturated heterocycles. The number of esters is 2. The molecule has 0 amide bonds. The molecule has 1 unspecified atom stereocenters. The third-order valence-electron chi connectivity index (χ3n) is 10.2. The number of carbonyl (C=O) groups is 2. The van der Waals surface area contributed by atoms with Gasteiger partial charge in [-0.2, -0.15) is 0 Å². The van der Waals surface area contributed by atoms with Crippen LogP contribution in [0.3, 0.4) is 0 Å². The second kappa shape index (κ2) is 48.6. The number of allylic oxidation sites excluding steroid dienone is 14. The monoisotopic (exact) mass is 902 g/mol. The van der Waals surface area contributed by atoms with Gasteiger partial charge < -0.3 is 20.1 Å². The van der Waals surface area contributed by atoms with Gasteiger partial charge in [0.1, 0.15) is 6.61 Å². The summed E-state index contributed by atoms with van der Waals surface area (Å²) in [6, 6.07) is 0. The summed E-state index contributed by atoms with van der Waals surface area (Å²) >= 11 is 0. The van der Waals surface area contributed by atoms with Crippen LogP contribution in [-0.4, -0.2) is 49.3 Å². The maximum absolute atomic E-state index is 12.6. The quantitative estimate of drug-likeness (QED) is 0.0265. The van der Waals surface area contributed by atoms with E-state index < -0.39 is 32.5 Å². The number of nitrogens with two attached hydrogens (primary N) is 1. The van der Waals surface area contributed by atoms with E-state index in [0.29, 0.717) is 12.8 Å². The van der Waals surface area contributed by atoms with E-state index >= 15 is 0 Å². The molecule has 0 aromatic carbocycles. The predicted octanol–water partition coefficient (Wildman–Crippen LogP) is 15.2. The summed E-state index contributed by atoms with van der Waals surface area (Å²) in [5.74, 6) is -0.919.